The highest BCUT2D eigenvalue weighted by Crippen LogP contribution is 2.26. The first kappa shape index (κ1) is 10.3. The predicted molar refractivity (Wildman–Crippen MR) is 58.7 cm³/mol. The first-order chi connectivity index (χ1) is 8.13. The van der Waals surface area contributed by atoms with Crippen LogP contribution in [0.15, 0.2) is 28.7 Å². The number of furan rings is 1. The molecule has 0 bridgehead atoms. The summed E-state index contributed by atoms with van der Waals surface area (Å²) in [6.45, 7) is 0. The van der Waals surface area contributed by atoms with Gasteiger partial charge in [0.25, 0.3) is 0 Å². The van der Waals surface area contributed by atoms with E-state index in [1.54, 1.807) is 12.1 Å². The average Bonchev–Trinajstić information content (AvgIpc) is 2.83. The van der Waals surface area contributed by atoms with Crippen molar-refractivity contribution in [2.45, 2.75) is 0 Å². The fourth-order valence-corrected chi connectivity index (χ4v) is 1.75. The zero-order valence-corrected chi connectivity index (χ0v) is 9.05. The smallest absolute Gasteiger partial charge is 0.194 e. The van der Waals surface area contributed by atoms with E-state index in [1.165, 1.54) is 6.07 Å². The molecule has 86 valence electrons. The van der Waals surface area contributed by atoms with Gasteiger partial charge in [0.2, 0.25) is 0 Å². The molecule has 2 heterocycles. The van der Waals surface area contributed by atoms with Gasteiger partial charge in [-0.3, -0.25) is 0 Å². The van der Waals surface area contributed by atoms with Crippen molar-refractivity contribution in [2.75, 3.05) is 0 Å². The highest BCUT2D eigenvalue weighted by Gasteiger charge is 2.13. The summed E-state index contributed by atoms with van der Waals surface area (Å²) in [5, 5.41) is 0.201. The van der Waals surface area contributed by atoms with Gasteiger partial charge in [0.05, 0.1) is 5.52 Å². The van der Waals surface area contributed by atoms with Crippen molar-refractivity contribution in [1.29, 1.82) is 0 Å². The Morgan fingerprint density at radius 2 is 2.06 bits per heavy atom. The van der Waals surface area contributed by atoms with E-state index in [0.29, 0.717) is 11.6 Å². The average molecular weight is 255 g/mol. The summed E-state index contributed by atoms with van der Waals surface area (Å²) in [6, 6.07) is 5.08. The molecule has 3 rings (SSSR count). The molecule has 0 saturated heterocycles. The van der Waals surface area contributed by atoms with Crippen LogP contribution >= 0.6 is 11.6 Å². The minimum atomic E-state index is -0.722. The summed E-state index contributed by atoms with van der Waals surface area (Å²) in [4.78, 5) is 6.75. The molecule has 0 aliphatic rings. The molecule has 0 unspecified atom stereocenters. The fourth-order valence-electron chi connectivity index (χ4n) is 1.60. The molecule has 0 atom stereocenters. The molecule has 6 heteroatoms. The van der Waals surface area contributed by atoms with Crippen molar-refractivity contribution in [2.24, 2.45) is 0 Å². The van der Waals surface area contributed by atoms with Crippen LogP contribution in [-0.2, 0) is 0 Å². The van der Waals surface area contributed by atoms with Crippen LogP contribution in [0.4, 0.5) is 8.78 Å². The number of aromatic nitrogens is 2. The molecule has 1 aromatic carbocycles. The van der Waals surface area contributed by atoms with Gasteiger partial charge in [-0.15, -0.1) is 0 Å². The van der Waals surface area contributed by atoms with E-state index < -0.39 is 11.6 Å². The number of halogens is 3. The lowest BCUT2D eigenvalue weighted by Crippen LogP contribution is -1.81. The van der Waals surface area contributed by atoms with Gasteiger partial charge < -0.3 is 9.40 Å². The molecule has 0 fully saturated rings. The zero-order chi connectivity index (χ0) is 12.0. The first-order valence-corrected chi connectivity index (χ1v) is 5.12. The van der Waals surface area contributed by atoms with E-state index >= 15 is 0 Å². The summed E-state index contributed by atoms with van der Waals surface area (Å²) in [5.74, 6) is -0.717. The second kappa shape index (κ2) is 3.56. The maximum atomic E-state index is 13.4. The lowest BCUT2D eigenvalue weighted by atomic mass is 10.3. The van der Waals surface area contributed by atoms with Crippen LogP contribution in [0.3, 0.4) is 0 Å². The van der Waals surface area contributed by atoms with Crippen LogP contribution in [0.1, 0.15) is 0 Å². The predicted octanol–water partition coefficient (Wildman–Crippen LogP) is 3.75. The third-order valence-corrected chi connectivity index (χ3v) is 2.51. The van der Waals surface area contributed by atoms with Crippen LogP contribution in [0.5, 0.6) is 0 Å². The van der Waals surface area contributed by atoms with E-state index in [0.717, 1.165) is 6.07 Å². The summed E-state index contributed by atoms with van der Waals surface area (Å²) < 4.78 is 31.5. The monoisotopic (exact) mass is 254 g/mol. The van der Waals surface area contributed by atoms with Crippen LogP contribution in [0, 0.1) is 11.6 Å². The van der Waals surface area contributed by atoms with Gasteiger partial charge in [-0.25, -0.2) is 13.8 Å². The molecule has 17 heavy (non-hydrogen) atoms. The van der Waals surface area contributed by atoms with Gasteiger partial charge in [0.15, 0.2) is 22.6 Å². The molecule has 1 N–H and O–H groups in total. The Labute approximate surface area is 99.0 Å². The Morgan fingerprint density at radius 1 is 1.24 bits per heavy atom. The first-order valence-electron chi connectivity index (χ1n) is 4.74. The SMILES string of the molecule is Fc1cc(F)c2nc(-c3ccc(Cl)o3)[nH]c2c1. The molecule has 3 nitrogen and oxygen atoms in total. The molecule has 0 amide bonds. The summed E-state index contributed by atoms with van der Waals surface area (Å²) in [5.41, 5.74) is 0.332. The zero-order valence-electron chi connectivity index (χ0n) is 8.30. The molecule has 3 aromatic rings. The van der Waals surface area contributed by atoms with E-state index in [2.05, 4.69) is 9.97 Å². The lowest BCUT2D eigenvalue weighted by molar-refractivity contribution is 0.580. The van der Waals surface area contributed by atoms with E-state index in [-0.39, 0.29) is 16.3 Å². The van der Waals surface area contributed by atoms with Crippen molar-refractivity contribution in [3.8, 4) is 11.6 Å². The minimum Gasteiger partial charge on any atom is -0.441 e. The number of H-pyrrole nitrogens is 1. The minimum absolute atomic E-state index is 0.0638. The number of rotatable bonds is 1. The number of fused-ring (bicyclic) bond motifs is 1. The fraction of sp³-hybridized carbons (Fsp3) is 0. The molecule has 0 spiro atoms. The van der Waals surface area contributed by atoms with Crippen molar-refractivity contribution in [1.82, 2.24) is 9.97 Å². The molecule has 0 aliphatic carbocycles. The molecule has 2 aromatic heterocycles. The number of aromatic amines is 1. The number of nitrogens with zero attached hydrogens (tertiary/aromatic N) is 1. The molecule has 0 radical (unpaired) electrons. The van der Waals surface area contributed by atoms with Crippen LogP contribution in [0.2, 0.25) is 5.22 Å². The largest absolute Gasteiger partial charge is 0.441 e. The number of hydrogen-bond donors (Lipinski definition) is 1. The third-order valence-electron chi connectivity index (χ3n) is 2.31. The Hall–Kier alpha value is -1.88. The van der Waals surface area contributed by atoms with Gasteiger partial charge in [0, 0.05) is 6.07 Å². The Balaban J connectivity index is 2.23. The standard InChI is InChI=1S/C11H5ClF2N2O/c12-9-2-1-8(17-9)11-15-7-4-5(13)3-6(14)10(7)16-11/h1-4H,(H,15,16). The summed E-state index contributed by atoms with van der Waals surface area (Å²) in [7, 11) is 0. The number of imidazole rings is 1. The second-order valence-electron chi connectivity index (χ2n) is 3.47. The molecule has 0 saturated carbocycles. The summed E-state index contributed by atoms with van der Waals surface area (Å²) >= 11 is 5.62. The lowest BCUT2D eigenvalue weighted by Gasteiger charge is -1.90. The Kier molecular flexibility index (Phi) is 2.16. The highest BCUT2D eigenvalue weighted by atomic mass is 35.5. The van der Waals surface area contributed by atoms with Gasteiger partial charge >= 0.3 is 0 Å². The maximum absolute atomic E-state index is 13.4. The van der Waals surface area contributed by atoms with Crippen molar-refractivity contribution in [3.63, 3.8) is 0 Å². The second-order valence-corrected chi connectivity index (χ2v) is 3.85. The van der Waals surface area contributed by atoms with Gasteiger partial charge in [-0.05, 0) is 29.8 Å². The van der Waals surface area contributed by atoms with Crippen molar-refractivity contribution < 1.29 is 13.2 Å². The summed E-state index contributed by atoms with van der Waals surface area (Å²) in [6.07, 6.45) is 0. The van der Waals surface area contributed by atoms with E-state index in [1.807, 2.05) is 0 Å². The van der Waals surface area contributed by atoms with E-state index in [9.17, 15) is 8.78 Å². The van der Waals surface area contributed by atoms with Gasteiger partial charge in [-0.1, -0.05) is 0 Å². The third kappa shape index (κ3) is 1.68. The maximum Gasteiger partial charge on any atom is 0.194 e. The van der Waals surface area contributed by atoms with Gasteiger partial charge in [0.1, 0.15) is 11.3 Å². The normalized spacial score (nSPS) is 11.2. The van der Waals surface area contributed by atoms with E-state index in [4.69, 9.17) is 16.0 Å². The molecular formula is C11H5ClF2N2O. The Bertz CT molecular complexity index is 705. The van der Waals surface area contributed by atoms with Crippen LogP contribution in [-0.4, -0.2) is 9.97 Å². The van der Waals surface area contributed by atoms with Crippen molar-refractivity contribution >= 4 is 22.6 Å². The molecule has 0 aliphatic heterocycles. The topological polar surface area (TPSA) is 41.8 Å². The van der Waals surface area contributed by atoms with Crippen LogP contribution < -0.4 is 0 Å². The number of nitrogens with one attached hydrogen (secondary N) is 1. The molecular weight excluding hydrogens is 250 g/mol. The Morgan fingerprint density at radius 3 is 2.76 bits per heavy atom. The van der Waals surface area contributed by atoms with Crippen LogP contribution in [0.25, 0.3) is 22.6 Å². The highest BCUT2D eigenvalue weighted by molar-refractivity contribution is 6.28. The number of benzene rings is 1. The van der Waals surface area contributed by atoms with Gasteiger partial charge in [-0.2, -0.15) is 0 Å². The van der Waals surface area contributed by atoms with Crippen molar-refractivity contribution in [3.05, 3.63) is 41.1 Å². The quantitative estimate of drug-likeness (QED) is 0.718. The number of hydrogen-bond acceptors (Lipinski definition) is 2.